The number of benzene rings is 1. The van der Waals surface area contributed by atoms with Crippen molar-refractivity contribution in [3.8, 4) is 11.6 Å². The number of carbonyl (C=O) groups is 1. The lowest BCUT2D eigenvalue weighted by Gasteiger charge is -2.09. The van der Waals surface area contributed by atoms with Gasteiger partial charge >= 0.3 is 5.97 Å². The Morgan fingerprint density at radius 3 is 2.70 bits per heavy atom. The van der Waals surface area contributed by atoms with Gasteiger partial charge in [0.1, 0.15) is 5.82 Å². The van der Waals surface area contributed by atoms with Gasteiger partial charge in [0.15, 0.2) is 5.75 Å². The van der Waals surface area contributed by atoms with E-state index in [2.05, 4.69) is 9.72 Å². The molecule has 0 aliphatic rings. The van der Waals surface area contributed by atoms with Gasteiger partial charge in [-0.2, -0.15) is 0 Å². The second-order valence-corrected chi connectivity index (χ2v) is 4.06. The Hall–Kier alpha value is -2.63. The summed E-state index contributed by atoms with van der Waals surface area (Å²) in [5, 5.41) is 0. The molecule has 2 aromatic rings. The molecule has 20 heavy (non-hydrogen) atoms. The minimum absolute atomic E-state index is 0.169. The van der Waals surface area contributed by atoms with Crippen molar-refractivity contribution in [1.82, 2.24) is 4.98 Å². The summed E-state index contributed by atoms with van der Waals surface area (Å²) in [7, 11) is 1.29. The van der Waals surface area contributed by atoms with Crippen LogP contribution < -0.4 is 10.5 Å². The molecule has 5 nitrogen and oxygen atoms in total. The van der Waals surface area contributed by atoms with E-state index >= 15 is 0 Å². The van der Waals surface area contributed by atoms with Crippen LogP contribution in [0, 0.1) is 12.7 Å². The largest absolute Gasteiger partial charge is 0.465 e. The number of nitrogens with zero attached hydrogens (tertiary/aromatic N) is 1. The van der Waals surface area contributed by atoms with Crippen molar-refractivity contribution in [3.63, 3.8) is 0 Å². The fourth-order valence-electron chi connectivity index (χ4n) is 1.63. The SMILES string of the molecule is COC(=O)c1ccc(Oc2cc(F)ccc2N)nc1C. The molecule has 0 unspecified atom stereocenters. The van der Waals surface area contributed by atoms with Gasteiger partial charge in [-0.1, -0.05) is 0 Å². The smallest absolute Gasteiger partial charge is 0.339 e. The van der Waals surface area contributed by atoms with Crippen LogP contribution in [-0.2, 0) is 4.74 Å². The highest BCUT2D eigenvalue weighted by Crippen LogP contribution is 2.27. The van der Waals surface area contributed by atoms with Crippen LogP contribution in [0.4, 0.5) is 10.1 Å². The lowest BCUT2D eigenvalue weighted by molar-refractivity contribution is 0.0599. The highest BCUT2D eigenvalue weighted by molar-refractivity contribution is 5.90. The highest BCUT2D eigenvalue weighted by atomic mass is 19.1. The van der Waals surface area contributed by atoms with Crippen LogP contribution >= 0.6 is 0 Å². The number of anilines is 1. The minimum Gasteiger partial charge on any atom is -0.465 e. The summed E-state index contributed by atoms with van der Waals surface area (Å²) in [6, 6.07) is 6.82. The number of hydrogen-bond acceptors (Lipinski definition) is 5. The minimum atomic E-state index is -0.480. The first-order valence-electron chi connectivity index (χ1n) is 5.80. The van der Waals surface area contributed by atoms with Crippen LogP contribution in [0.25, 0.3) is 0 Å². The summed E-state index contributed by atoms with van der Waals surface area (Å²) >= 11 is 0. The molecule has 0 saturated heterocycles. The third kappa shape index (κ3) is 2.85. The van der Waals surface area contributed by atoms with E-state index in [4.69, 9.17) is 10.5 Å². The first-order chi connectivity index (χ1) is 9.51. The monoisotopic (exact) mass is 276 g/mol. The summed E-state index contributed by atoms with van der Waals surface area (Å²) in [4.78, 5) is 15.5. The second kappa shape index (κ2) is 5.56. The van der Waals surface area contributed by atoms with Gasteiger partial charge in [0.2, 0.25) is 5.88 Å². The van der Waals surface area contributed by atoms with Gasteiger partial charge in [-0.25, -0.2) is 14.2 Å². The van der Waals surface area contributed by atoms with E-state index in [1.807, 2.05) is 0 Å². The molecule has 6 heteroatoms. The quantitative estimate of drug-likeness (QED) is 0.689. The zero-order valence-corrected chi connectivity index (χ0v) is 11.0. The summed E-state index contributed by atoms with van der Waals surface area (Å²) < 4.78 is 23.2. The molecule has 0 bridgehead atoms. The van der Waals surface area contributed by atoms with Gasteiger partial charge in [0.05, 0.1) is 24.1 Å². The first-order valence-corrected chi connectivity index (χ1v) is 5.80. The highest BCUT2D eigenvalue weighted by Gasteiger charge is 2.12. The summed E-state index contributed by atoms with van der Waals surface area (Å²) in [6.07, 6.45) is 0. The maximum Gasteiger partial charge on any atom is 0.339 e. The lowest BCUT2D eigenvalue weighted by atomic mass is 10.2. The number of ether oxygens (including phenoxy) is 2. The molecule has 2 rings (SSSR count). The summed E-state index contributed by atoms with van der Waals surface area (Å²) in [5.41, 5.74) is 6.76. The van der Waals surface area contributed by atoms with E-state index in [0.717, 1.165) is 0 Å². The summed E-state index contributed by atoms with van der Waals surface area (Å²) in [5.74, 6) is -0.556. The van der Waals surface area contributed by atoms with Crippen LogP contribution in [-0.4, -0.2) is 18.1 Å². The molecule has 2 N–H and O–H groups in total. The lowest BCUT2D eigenvalue weighted by Crippen LogP contribution is -2.05. The number of carbonyl (C=O) groups excluding carboxylic acids is 1. The number of esters is 1. The number of aryl methyl sites for hydroxylation is 1. The van der Waals surface area contributed by atoms with Crippen LogP contribution in [0.2, 0.25) is 0 Å². The fraction of sp³-hybridized carbons (Fsp3) is 0.143. The normalized spacial score (nSPS) is 10.2. The average molecular weight is 276 g/mol. The zero-order valence-electron chi connectivity index (χ0n) is 11.0. The third-order valence-electron chi connectivity index (χ3n) is 2.66. The molecular formula is C14H13FN2O3. The van der Waals surface area contributed by atoms with E-state index in [0.29, 0.717) is 16.9 Å². The maximum absolute atomic E-state index is 13.1. The maximum atomic E-state index is 13.1. The van der Waals surface area contributed by atoms with E-state index in [1.54, 1.807) is 6.92 Å². The van der Waals surface area contributed by atoms with Crippen molar-refractivity contribution in [2.24, 2.45) is 0 Å². The van der Waals surface area contributed by atoms with Crippen molar-refractivity contribution >= 4 is 11.7 Å². The van der Waals surface area contributed by atoms with E-state index < -0.39 is 11.8 Å². The van der Waals surface area contributed by atoms with Gasteiger partial charge in [-0.3, -0.25) is 0 Å². The Balaban J connectivity index is 2.29. The Labute approximate surface area is 115 Å². The fourth-order valence-corrected chi connectivity index (χ4v) is 1.63. The number of nitrogen functional groups attached to an aromatic ring is 1. The molecule has 0 fully saturated rings. The zero-order chi connectivity index (χ0) is 14.7. The predicted molar refractivity (Wildman–Crippen MR) is 71.2 cm³/mol. The molecule has 0 amide bonds. The van der Waals surface area contributed by atoms with Gasteiger partial charge in [0, 0.05) is 12.1 Å². The molecule has 0 spiro atoms. The van der Waals surface area contributed by atoms with Crippen LogP contribution in [0.1, 0.15) is 16.1 Å². The number of halogens is 1. The number of hydrogen-bond donors (Lipinski definition) is 1. The number of rotatable bonds is 3. The molecule has 104 valence electrons. The van der Waals surface area contributed by atoms with Crippen LogP contribution in [0.3, 0.4) is 0 Å². The van der Waals surface area contributed by atoms with Gasteiger partial charge < -0.3 is 15.2 Å². The first kappa shape index (κ1) is 13.8. The van der Waals surface area contributed by atoms with Gasteiger partial charge in [0.25, 0.3) is 0 Å². The molecule has 0 aliphatic carbocycles. The van der Waals surface area contributed by atoms with Crippen molar-refractivity contribution in [1.29, 1.82) is 0 Å². The Morgan fingerprint density at radius 1 is 1.30 bits per heavy atom. The Morgan fingerprint density at radius 2 is 2.05 bits per heavy atom. The topological polar surface area (TPSA) is 74.4 Å². The number of nitrogens with two attached hydrogens (primary N) is 1. The number of methoxy groups -OCH3 is 1. The van der Waals surface area contributed by atoms with E-state index in [9.17, 15) is 9.18 Å². The third-order valence-corrected chi connectivity index (χ3v) is 2.66. The standard InChI is InChI=1S/C14H13FN2O3/c1-8-10(14(18)19-2)4-6-13(17-8)20-12-7-9(15)3-5-11(12)16/h3-7H,16H2,1-2H3. The van der Waals surface area contributed by atoms with Gasteiger partial charge in [-0.15, -0.1) is 0 Å². The predicted octanol–water partition coefficient (Wildman–Crippen LogP) is 2.69. The molecule has 0 aliphatic heterocycles. The number of pyridine rings is 1. The van der Waals surface area contributed by atoms with Crippen molar-refractivity contribution in [2.75, 3.05) is 12.8 Å². The Kier molecular flexibility index (Phi) is 3.84. The summed E-state index contributed by atoms with van der Waals surface area (Å²) in [6.45, 7) is 1.65. The molecule has 0 saturated carbocycles. The average Bonchev–Trinajstić information content (AvgIpc) is 2.42. The van der Waals surface area contributed by atoms with Crippen LogP contribution in [0.5, 0.6) is 11.6 Å². The number of aromatic nitrogens is 1. The second-order valence-electron chi connectivity index (χ2n) is 4.06. The molecular weight excluding hydrogens is 263 g/mol. The molecule has 1 aromatic carbocycles. The van der Waals surface area contributed by atoms with Crippen LogP contribution in [0.15, 0.2) is 30.3 Å². The molecule has 0 atom stereocenters. The Bertz CT molecular complexity index is 659. The van der Waals surface area contributed by atoms with Crippen molar-refractivity contribution in [2.45, 2.75) is 6.92 Å². The van der Waals surface area contributed by atoms with E-state index in [-0.39, 0.29) is 11.6 Å². The molecule has 0 radical (unpaired) electrons. The molecule has 1 aromatic heterocycles. The van der Waals surface area contributed by atoms with Crippen molar-refractivity contribution < 1.29 is 18.7 Å². The van der Waals surface area contributed by atoms with Crippen molar-refractivity contribution in [3.05, 3.63) is 47.4 Å². The van der Waals surface area contributed by atoms with Gasteiger partial charge in [-0.05, 0) is 25.1 Å². The van der Waals surface area contributed by atoms with E-state index in [1.165, 1.54) is 37.4 Å². The molecule has 1 heterocycles.